The number of carbonyl (C=O) groups excluding carboxylic acids is 3. The van der Waals surface area contributed by atoms with Crippen LogP contribution in [0, 0.1) is 17.8 Å². The lowest BCUT2D eigenvalue weighted by atomic mass is 9.65. The van der Waals surface area contributed by atoms with E-state index in [1.165, 1.54) is 0 Å². The smallest absolute Gasteiger partial charge is 0.324 e. The molecule has 2 amide bonds. The summed E-state index contributed by atoms with van der Waals surface area (Å²) < 4.78 is 17.8. The van der Waals surface area contributed by atoms with Gasteiger partial charge < -0.3 is 29.5 Å². The topological polar surface area (TPSA) is 121 Å². The quantitative estimate of drug-likeness (QED) is 0.132. The molecule has 5 heterocycles. The summed E-state index contributed by atoms with van der Waals surface area (Å²) in [4.78, 5) is 53.0. The van der Waals surface area contributed by atoms with Crippen LogP contribution >= 0.6 is 0 Å². The molecule has 0 bridgehead atoms. The highest BCUT2D eigenvalue weighted by Gasteiger charge is 2.74. The number of cyclic esters (lactones) is 1. The van der Waals surface area contributed by atoms with E-state index in [0.717, 1.165) is 59.4 Å². The molecule has 2 N–H and O–H groups in total. The van der Waals surface area contributed by atoms with Gasteiger partial charge in [-0.2, -0.15) is 0 Å². The van der Waals surface area contributed by atoms with Gasteiger partial charge in [-0.15, -0.1) is 0 Å². The first-order valence-corrected chi connectivity index (χ1v) is 22.3. The highest BCUT2D eigenvalue weighted by atomic mass is 16.7. The minimum atomic E-state index is -1.63. The maximum atomic E-state index is 15.9. The number of hydrogen-bond donors (Lipinski definition) is 2. The zero-order valence-electron chi connectivity index (χ0n) is 35.3. The Morgan fingerprint density at radius 2 is 1.52 bits per heavy atom. The fourth-order valence-electron chi connectivity index (χ4n) is 11.0. The number of hydrogen-bond acceptors (Lipinski definition) is 9. The van der Waals surface area contributed by atoms with E-state index in [4.69, 9.17) is 14.2 Å². The third-order valence-electron chi connectivity index (χ3n) is 14.0. The molecule has 0 saturated carbocycles. The van der Waals surface area contributed by atoms with Crippen LogP contribution in [0.4, 0.5) is 5.69 Å². The molecule has 11 nitrogen and oxygen atoms in total. The first kappa shape index (κ1) is 39.9. The second-order valence-corrected chi connectivity index (χ2v) is 17.6. The van der Waals surface area contributed by atoms with Crippen molar-refractivity contribution in [3.63, 3.8) is 0 Å². The first-order chi connectivity index (χ1) is 31.4. The maximum Gasteiger partial charge on any atom is 0.324 e. The predicted octanol–water partition coefficient (Wildman–Crippen LogP) is 7.59. The molecule has 322 valence electrons. The number of rotatable bonds is 6. The number of nitrogens with one attached hydrogen (secondary N) is 1. The molecule has 1 spiro atoms. The summed E-state index contributed by atoms with van der Waals surface area (Å²) in [5.41, 5.74) is 4.80. The second kappa shape index (κ2) is 16.4. The molecule has 5 aromatic carbocycles. The van der Waals surface area contributed by atoms with E-state index in [-0.39, 0.29) is 24.4 Å². The van der Waals surface area contributed by atoms with Crippen molar-refractivity contribution >= 4 is 23.5 Å². The van der Waals surface area contributed by atoms with Crippen molar-refractivity contribution in [2.45, 2.75) is 61.9 Å². The van der Waals surface area contributed by atoms with Crippen molar-refractivity contribution in [3.05, 3.63) is 166 Å². The number of allylic oxidation sites excluding steroid dienone is 2. The van der Waals surface area contributed by atoms with Crippen LogP contribution in [0.5, 0.6) is 17.2 Å². The summed E-state index contributed by atoms with van der Waals surface area (Å²) in [5.74, 6) is 5.89. The van der Waals surface area contributed by atoms with E-state index in [1.807, 2.05) is 114 Å². The van der Waals surface area contributed by atoms with E-state index < -0.39 is 41.5 Å². The Labute approximate surface area is 372 Å². The fraction of sp³-hybridized carbons (Fsp3) is 0.302. The molecule has 0 unspecified atom stereocenters. The van der Waals surface area contributed by atoms with Gasteiger partial charge in [0.1, 0.15) is 23.3 Å². The van der Waals surface area contributed by atoms with Gasteiger partial charge in [-0.1, -0.05) is 96.8 Å². The molecular formula is C53H48N4O7. The fourth-order valence-corrected chi connectivity index (χ4v) is 11.0. The maximum absolute atomic E-state index is 15.9. The van der Waals surface area contributed by atoms with Crippen LogP contribution in [0.15, 0.2) is 133 Å². The van der Waals surface area contributed by atoms with E-state index in [0.29, 0.717) is 55.1 Å². The molecule has 6 atom stereocenters. The molecule has 11 heteroatoms. The van der Waals surface area contributed by atoms with E-state index in [2.05, 4.69) is 33.0 Å². The summed E-state index contributed by atoms with van der Waals surface area (Å²) in [5, 5.41) is 13.9. The third kappa shape index (κ3) is 6.80. The zero-order chi connectivity index (χ0) is 43.4. The molecule has 0 aromatic heterocycles. The highest BCUT2D eigenvalue weighted by Crippen LogP contribution is 2.65. The van der Waals surface area contributed by atoms with Crippen LogP contribution in [0.2, 0.25) is 0 Å². The Morgan fingerprint density at radius 3 is 2.27 bits per heavy atom. The number of anilines is 1. The number of phenolic OH excluding ortho intramolecular Hbond substituents is 1. The Bertz CT molecular complexity index is 2720. The molecule has 5 aromatic rings. The van der Waals surface area contributed by atoms with Crippen molar-refractivity contribution in [1.82, 2.24) is 14.7 Å². The number of esters is 1. The largest absolute Gasteiger partial charge is 0.508 e. The molecule has 64 heavy (non-hydrogen) atoms. The van der Waals surface area contributed by atoms with Crippen LogP contribution in [0.25, 0.3) is 0 Å². The van der Waals surface area contributed by atoms with Gasteiger partial charge >= 0.3 is 5.97 Å². The Hall–Kier alpha value is -6.87. The van der Waals surface area contributed by atoms with Crippen LogP contribution in [0.1, 0.15) is 77.3 Å². The van der Waals surface area contributed by atoms with Crippen LogP contribution < -0.4 is 14.8 Å². The lowest BCUT2D eigenvalue weighted by Gasteiger charge is -2.46. The molecular weight excluding hydrogens is 805 g/mol. The first-order valence-electron chi connectivity index (χ1n) is 22.3. The number of morpholine rings is 1. The van der Waals surface area contributed by atoms with Crippen molar-refractivity contribution < 1.29 is 33.7 Å². The van der Waals surface area contributed by atoms with Crippen LogP contribution in [0.3, 0.4) is 0 Å². The van der Waals surface area contributed by atoms with Crippen molar-refractivity contribution in [1.29, 1.82) is 0 Å². The van der Waals surface area contributed by atoms with E-state index >= 15 is 14.4 Å². The van der Waals surface area contributed by atoms with Gasteiger partial charge in [0.15, 0.2) is 11.5 Å². The van der Waals surface area contributed by atoms with Gasteiger partial charge in [-0.3, -0.25) is 24.2 Å². The molecule has 0 radical (unpaired) electrons. The minimum absolute atomic E-state index is 0.0595. The van der Waals surface area contributed by atoms with Crippen molar-refractivity contribution in [2.24, 2.45) is 5.92 Å². The predicted molar refractivity (Wildman–Crippen MR) is 239 cm³/mol. The number of phenols is 1. The molecule has 6 aliphatic rings. The third-order valence-corrected chi connectivity index (χ3v) is 14.0. The second-order valence-electron chi connectivity index (χ2n) is 17.6. The number of benzene rings is 5. The van der Waals surface area contributed by atoms with E-state index in [1.54, 1.807) is 12.1 Å². The van der Waals surface area contributed by atoms with Gasteiger partial charge in [0.2, 0.25) is 18.6 Å². The molecule has 3 saturated heterocycles. The molecule has 5 aliphatic heterocycles. The van der Waals surface area contributed by atoms with E-state index in [9.17, 15) is 5.11 Å². The molecule has 3 fully saturated rings. The number of carbonyl (C=O) groups is 3. The van der Waals surface area contributed by atoms with Crippen LogP contribution in [-0.4, -0.2) is 76.6 Å². The average molecular weight is 853 g/mol. The summed E-state index contributed by atoms with van der Waals surface area (Å²) >= 11 is 0. The number of piperazine rings is 1. The van der Waals surface area contributed by atoms with Gasteiger partial charge in [-0.05, 0) is 102 Å². The lowest BCUT2D eigenvalue weighted by Crippen LogP contribution is -2.58. The minimum Gasteiger partial charge on any atom is -0.508 e. The SMILES string of the molecule is O=C1O[C@@H](c2ccccc2)[C@@H](c2ccccc2)N2[C@@H](c3ccc(O)cc3)[C@]3(C(=O)Nc4ccc(C#CC5=CCCCC5)cc43)[C@@H](C(=O)N3CCN(Cc4ccc5c(c4)OCO5)CC3)[C@H]12. The summed E-state index contributed by atoms with van der Waals surface area (Å²) in [6, 6.07) is 35.5. The van der Waals surface area contributed by atoms with Crippen molar-refractivity contribution in [3.8, 4) is 29.1 Å². The highest BCUT2D eigenvalue weighted by molar-refractivity contribution is 6.12. The van der Waals surface area contributed by atoms with Gasteiger partial charge in [0.25, 0.3) is 0 Å². The lowest BCUT2D eigenvalue weighted by molar-refractivity contribution is -0.179. The Balaban J connectivity index is 1.06. The standard InChI is InChI=1S/C53H48N4O7/c58-40-22-20-39(21-23-40)49-53(41-30-35(18-24-42(41)54-52(53)61)17-16-34-10-4-1-5-11-34)45(50(59)56-28-26-55(27-29-56)32-36-19-25-43-44(31-36)63-33-62-43)47-51(60)64-48(38-14-8-3-9-15-38)46(57(47)49)37-12-6-2-7-13-37/h2-3,6-10,12-15,18-25,30-31,45-49,58H,1,4-5,11,26-29,32-33H2,(H,54,61)/t45-,46-,47-,48+,49+,53-/m1/s1. The number of nitrogens with zero attached hydrogens (tertiary/aromatic N) is 3. The Kier molecular flexibility index (Phi) is 10.2. The normalized spacial score (nSPS) is 26.0. The zero-order valence-corrected chi connectivity index (χ0v) is 35.3. The number of aromatic hydroxyl groups is 1. The average Bonchev–Trinajstić information content (AvgIpc) is 4.02. The molecule has 11 rings (SSSR count). The van der Waals surface area contributed by atoms with Gasteiger partial charge in [0, 0.05) is 44.0 Å². The monoisotopic (exact) mass is 852 g/mol. The van der Waals surface area contributed by atoms with Crippen molar-refractivity contribution in [2.75, 3.05) is 38.3 Å². The summed E-state index contributed by atoms with van der Waals surface area (Å²) in [6.07, 6.45) is 5.60. The number of ether oxygens (including phenoxy) is 3. The number of amides is 2. The van der Waals surface area contributed by atoms with Gasteiger partial charge in [-0.25, -0.2) is 0 Å². The molecule has 1 aliphatic carbocycles. The summed E-state index contributed by atoms with van der Waals surface area (Å²) in [6.45, 7) is 2.82. The summed E-state index contributed by atoms with van der Waals surface area (Å²) in [7, 11) is 0. The number of fused-ring (bicyclic) bond motifs is 4. The van der Waals surface area contributed by atoms with Crippen LogP contribution in [-0.2, 0) is 31.1 Å². The Morgan fingerprint density at radius 1 is 0.766 bits per heavy atom. The van der Waals surface area contributed by atoms with Gasteiger partial charge in [0.05, 0.1) is 18.0 Å².